The van der Waals surface area contributed by atoms with Crippen LogP contribution in [0.2, 0.25) is 0 Å². The highest BCUT2D eigenvalue weighted by atomic mass is 16.6. The highest BCUT2D eigenvalue weighted by Crippen LogP contribution is 2.66. The maximum Gasteiger partial charge on any atom is 0.334 e. The molecule has 0 amide bonds. The van der Waals surface area contributed by atoms with Crippen LogP contribution in [0.5, 0.6) is 0 Å². The van der Waals surface area contributed by atoms with E-state index in [1.807, 2.05) is 19.9 Å². The van der Waals surface area contributed by atoms with Gasteiger partial charge in [-0.05, 0) is 39.2 Å². The minimum atomic E-state index is -0.596. The lowest BCUT2D eigenvalue weighted by Gasteiger charge is -2.27. The van der Waals surface area contributed by atoms with Gasteiger partial charge >= 0.3 is 5.97 Å². The molecule has 2 fully saturated rings. The second kappa shape index (κ2) is 3.13. The second-order valence-corrected chi connectivity index (χ2v) is 6.44. The molecule has 4 rings (SSSR count). The van der Waals surface area contributed by atoms with Crippen molar-refractivity contribution in [1.82, 2.24) is 0 Å². The number of epoxide rings is 1. The number of carbonyl (C=O) groups excluding carboxylic acids is 1. The Bertz CT molecular complexity index is 560. The number of aliphatic hydroxyl groups is 1. The zero-order chi connectivity index (χ0) is 13.6. The molecule has 5 atom stereocenters. The highest BCUT2D eigenvalue weighted by molar-refractivity contribution is 5.92. The molecule has 102 valence electrons. The van der Waals surface area contributed by atoms with Gasteiger partial charge in [0.15, 0.2) is 0 Å². The smallest absolute Gasteiger partial charge is 0.334 e. The Balaban J connectivity index is 1.87. The molecule has 1 saturated carbocycles. The van der Waals surface area contributed by atoms with Gasteiger partial charge in [0.2, 0.25) is 0 Å². The SMILES string of the molecule is CC1=CC(O)C23OC2(C)CCC2=C(C)C(=O)OC2C13. The highest BCUT2D eigenvalue weighted by Gasteiger charge is 2.78. The van der Waals surface area contributed by atoms with E-state index in [4.69, 9.17) is 9.47 Å². The Kier molecular flexibility index (Phi) is 1.92. The fourth-order valence-corrected chi connectivity index (χ4v) is 4.41. The number of hydrogen-bond acceptors (Lipinski definition) is 4. The monoisotopic (exact) mass is 262 g/mol. The van der Waals surface area contributed by atoms with E-state index < -0.39 is 11.7 Å². The number of hydrogen-bond donors (Lipinski definition) is 1. The molecule has 1 N–H and O–H groups in total. The molecule has 2 aliphatic carbocycles. The Labute approximate surface area is 112 Å². The standard InChI is InChI=1S/C15H18O4/c1-7-6-10(16)15-11(7)12-9(8(2)13(17)18-12)4-5-14(15,3)19-15/h6,10-12,16H,4-5H2,1-3H3. The summed E-state index contributed by atoms with van der Waals surface area (Å²) in [5.74, 6) is -0.250. The zero-order valence-electron chi connectivity index (χ0n) is 11.4. The van der Waals surface area contributed by atoms with Crippen LogP contribution in [0.15, 0.2) is 22.8 Å². The Morgan fingerprint density at radius 2 is 2.16 bits per heavy atom. The van der Waals surface area contributed by atoms with E-state index in [0.29, 0.717) is 0 Å². The molecular formula is C15H18O4. The van der Waals surface area contributed by atoms with E-state index in [-0.39, 0.29) is 23.6 Å². The van der Waals surface area contributed by atoms with Crippen LogP contribution in [-0.2, 0) is 14.3 Å². The van der Waals surface area contributed by atoms with Gasteiger partial charge in [-0.25, -0.2) is 4.79 Å². The van der Waals surface area contributed by atoms with Gasteiger partial charge in [0.25, 0.3) is 0 Å². The van der Waals surface area contributed by atoms with Crippen molar-refractivity contribution in [2.75, 3.05) is 0 Å². The molecule has 1 saturated heterocycles. The third kappa shape index (κ3) is 1.11. The molecule has 0 aromatic carbocycles. The summed E-state index contributed by atoms with van der Waals surface area (Å²) in [6.45, 7) is 5.90. The summed E-state index contributed by atoms with van der Waals surface area (Å²) in [6, 6.07) is 0. The van der Waals surface area contributed by atoms with E-state index >= 15 is 0 Å². The lowest BCUT2D eigenvalue weighted by Crippen LogP contribution is -2.42. The maximum absolute atomic E-state index is 11.8. The number of aliphatic hydroxyl groups excluding tert-OH is 1. The summed E-state index contributed by atoms with van der Waals surface area (Å²) in [5.41, 5.74) is 2.06. The molecule has 0 aromatic heterocycles. The molecule has 0 radical (unpaired) electrons. The van der Waals surface area contributed by atoms with E-state index in [1.54, 1.807) is 0 Å². The van der Waals surface area contributed by atoms with Crippen molar-refractivity contribution in [3.8, 4) is 0 Å². The first-order valence-corrected chi connectivity index (χ1v) is 6.88. The number of esters is 1. The van der Waals surface area contributed by atoms with Gasteiger partial charge in [0.1, 0.15) is 17.8 Å². The molecule has 5 unspecified atom stereocenters. The zero-order valence-corrected chi connectivity index (χ0v) is 11.4. The van der Waals surface area contributed by atoms with Gasteiger partial charge in [-0.3, -0.25) is 0 Å². The number of fused-ring (bicyclic) bond motifs is 2. The molecule has 0 aromatic rings. The Morgan fingerprint density at radius 3 is 2.89 bits per heavy atom. The number of carbonyl (C=O) groups is 1. The average Bonchev–Trinajstić information content (AvgIpc) is 2.77. The molecule has 2 aliphatic heterocycles. The fraction of sp³-hybridized carbons (Fsp3) is 0.667. The largest absolute Gasteiger partial charge is 0.454 e. The molecule has 4 aliphatic rings. The van der Waals surface area contributed by atoms with E-state index in [0.717, 1.165) is 29.6 Å². The summed E-state index contributed by atoms with van der Waals surface area (Å²) >= 11 is 0. The van der Waals surface area contributed by atoms with Crippen LogP contribution in [0.3, 0.4) is 0 Å². The molecule has 0 bridgehead atoms. The second-order valence-electron chi connectivity index (χ2n) is 6.44. The minimum Gasteiger partial charge on any atom is -0.454 e. The van der Waals surface area contributed by atoms with Gasteiger partial charge in [-0.1, -0.05) is 11.6 Å². The molecular weight excluding hydrogens is 244 g/mol. The van der Waals surface area contributed by atoms with Gasteiger partial charge in [-0.2, -0.15) is 0 Å². The van der Waals surface area contributed by atoms with Crippen molar-refractivity contribution in [2.24, 2.45) is 5.92 Å². The van der Waals surface area contributed by atoms with Crippen molar-refractivity contribution in [3.05, 3.63) is 22.8 Å². The first-order chi connectivity index (χ1) is 8.91. The fourth-order valence-electron chi connectivity index (χ4n) is 4.41. The quantitative estimate of drug-likeness (QED) is 0.408. The Hall–Kier alpha value is -1.13. The van der Waals surface area contributed by atoms with E-state index in [1.165, 1.54) is 0 Å². The van der Waals surface area contributed by atoms with Gasteiger partial charge in [-0.15, -0.1) is 0 Å². The van der Waals surface area contributed by atoms with Crippen molar-refractivity contribution in [1.29, 1.82) is 0 Å². The third-order valence-electron chi connectivity index (χ3n) is 5.53. The van der Waals surface area contributed by atoms with Crippen LogP contribution in [0.25, 0.3) is 0 Å². The maximum atomic E-state index is 11.8. The van der Waals surface area contributed by atoms with Crippen LogP contribution < -0.4 is 0 Å². The van der Waals surface area contributed by atoms with Crippen LogP contribution in [-0.4, -0.2) is 34.5 Å². The first-order valence-electron chi connectivity index (χ1n) is 6.88. The van der Waals surface area contributed by atoms with Crippen LogP contribution >= 0.6 is 0 Å². The lowest BCUT2D eigenvalue weighted by molar-refractivity contribution is -0.142. The van der Waals surface area contributed by atoms with E-state index in [2.05, 4.69) is 6.92 Å². The van der Waals surface area contributed by atoms with Gasteiger partial charge in [0, 0.05) is 5.57 Å². The average molecular weight is 262 g/mol. The van der Waals surface area contributed by atoms with E-state index in [9.17, 15) is 9.90 Å². The predicted molar refractivity (Wildman–Crippen MR) is 67.3 cm³/mol. The van der Waals surface area contributed by atoms with Crippen LogP contribution in [0.1, 0.15) is 33.6 Å². The van der Waals surface area contributed by atoms with Crippen molar-refractivity contribution in [2.45, 2.75) is 57.0 Å². The van der Waals surface area contributed by atoms with Crippen LogP contribution in [0, 0.1) is 5.92 Å². The van der Waals surface area contributed by atoms with Crippen molar-refractivity contribution < 1.29 is 19.4 Å². The number of ether oxygens (including phenoxy) is 2. The minimum absolute atomic E-state index is 0.0357. The molecule has 2 heterocycles. The predicted octanol–water partition coefficient (Wildman–Crippen LogP) is 1.49. The van der Waals surface area contributed by atoms with Gasteiger partial charge < -0.3 is 14.6 Å². The summed E-state index contributed by atoms with van der Waals surface area (Å²) in [6.07, 6.45) is 2.67. The first kappa shape index (κ1) is 11.7. The summed E-state index contributed by atoms with van der Waals surface area (Å²) < 4.78 is 11.6. The van der Waals surface area contributed by atoms with Gasteiger partial charge in [0.05, 0.1) is 11.5 Å². The summed E-state index contributed by atoms with van der Waals surface area (Å²) in [7, 11) is 0. The molecule has 4 heteroatoms. The summed E-state index contributed by atoms with van der Waals surface area (Å²) in [5, 5.41) is 10.4. The normalized spacial score (nSPS) is 51.1. The molecule has 4 nitrogen and oxygen atoms in total. The molecule has 19 heavy (non-hydrogen) atoms. The number of rotatable bonds is 0. The topological polar surface area (TPSA) is 59.1 Å². The van der Waals surface area contributed by atoms with Crippen LogP contribution in [0.4, 0.5) is 0 Å². The Morgan fingerprint density at radius 1 is 1.42 bits per heavy atom. The third-order valence-corrected chi connectivity index (χ3v) is 5.53. The molecule has 1 spiro atoms. The van der Waals surface area contributed by atoms with Crippen molar-refractivity contribution >= 4 is 5.97 Å². The van der Waals surface area contributed by atoms with Crippen molar-refractivity contribution in [3.63, 3.8) is 0 Å². The summed E-state index contributed by atoms with van der Waals surface area (Å²) in [4.78, 5) is 11.8. The lowest BCUT2D eigenvalue weighted by atomic mass is 9.78.